The number of carboxylic acid groups (broad SMARTS) is 1. The normalized spacial score (nSPS) is 10.6. The highest BCUT2D eigenvalue weighted by molar-refractivity contribution is 5.93. The Morgan fingerprint density at radius 2 is 2.28 bits per heavy atom. The van der Waals surface area contributed by atoms with Gasteiger partial charge in [0.25, 0.3) is 0 Å². The van der Waals surface area contributed by atoms with Crippen molar-refractivity contribution in [2.75, 3.05) is 5.32 Å². The molecule has 0 radical (unpaired) electrons. The molecule has 0 aromatic carbocycles. The van der Waals surface area contributed by atoms with Gasteiger partial charge in [-0.1, -0.05) is 0 Å². The van der Waals surface area contributed by atoms with Crippen molar-refractivity contribution in [2.45, 2.75) is 19.9 Å². The number of aromatic nitrogens is 3. The van der Waals surface area contributed by atoms with Gasteiger partial charge < -0.3 is 10.4 Å². The van der Waals surface area contributed by atoms with E-state index in [0.717, 1.165) is 0 Å². The first-order chi connectivity index (χ1) is 8.58. The summed E-state index contributed by atoms with van der Waals surface area (Å²) in [6.07, 6.45) is 4.99. The topological polar surface area (TPSA) is 80.0 Å². The van der Waals surface area contributed by atoms with E-state index in [2.05, 4.69) is 15.4 Å². The summed E-state index contributed by atoms with van der Waals surface area (Å²) in [6, 6.07) is 3.35. The van der Waals surface area contributed by atoms with Gasteiger partial charge in [0.05, 0.1) is 11.9 Å². The maximum Gasteiger partial charge on any atom is 0.339 e. The number of nitrogens with zero attached hydrogens (tertiary/aromatic N) is 3. The van der Waals surface area contributed by atoms with Crippen LogP contribution in [0.4, 0.5) is 11.5 Å². The van der Waals surface area contributed by atoms with E-state index in [9.17, 15) is 4.79 Å². The molecule has 0 aliphatic rings. The van der Waals surface area contributed by atoms with E-state index in [1.807, 2.05) is 20.0 Å². The lowest BCUT2D eigenvalue weighted by atomic mass is 10.2. The van der Waals surface area contributed by atoms with Crippen molar-refractivity contribution in [3.05, 3.63) is 36.3 Å². The first kappa shape index (κ1) is 12.1. The average molecular weight is 246 g/mol. The number of carboxylic acids is 1. The zero-order valence-electron chi connectivity index (χ0n) is 10.2. The van der Waals surface area contributed by atoms with Crippen LogP contribution >= 0.6 is 0 Å². The Balaban J connectivity index is 2.25. The molecule has 6 heteroatoms. The fourth-order valence-corrected chi connectivity index (χ4v) is 1.50. The number of rotatable bonds is 4. The van der Waals surface area contributed by atoms with Gasteiger partial charge >= 0.3 is 5.97 Å². The molecule has 2 N–H and O–H groups in total. The van der Waals surface area contributed by atoms with Crippen molar-refractivity contribution in [1.29, 1.82) is 0 Å². The molecule has 0 saturated heterocycles. The molecule has 0 aliphatic carbocycles. The third-order valence-electron chi connectivity index (χ3n) is 2.43. The Hall–Kier alpha value is -2.37. The Kier molecular flexibility index (Phi) is 3.27. The molecule has 6 nitrogen and oxygen atoms in total. The van der Waals surface area contributed by atoms with Gasteiger partial charge in [-0.2, -0.15) is 5.10 Å². The first-order valence-corrected chi connectivity index (χ1v) is 5.57. The third kappa shape index (κ3) is 2.48. The van der Waals surface area contributed by atoms with Crippen molar-refractivity contribution in [3.8, 4) is 0 Å². The van der Waals surface area contributed by atoms with Gasteiger partial charge in [-0.15, -0.1) is 0 Å². The summed E-state index contributed by atoms with van der Waals surface area (Å²) in [7, 11) is 0. The van der Waals surface area contributed by atoms with E-state index in [1.165, 1.54) is 6.07 Å². The smallest absolute Gasteiger partial charge is 0.339 e. The van der Waals surface area contributed by atoms with Gasteiger partial charge in [0.15, 0.2) is 0 Å². The summed E-state index contributed by atoms with van der Waals surface area (Å²) < 4.78 is 1.78. The van der Waals surface area contributed by atoms with Crippen LogP contribution in [0.2, 0.25) is 0 Å². The molecule has 2 aromatic rings. The molecule has 2 heterocycles. The number of nitrogens with one attached hydrogen (secondary N) is 1. The molecule has 18 heavy (non-hydrogen) atoms. The van der Waals surface area contributed by atoms with Gasteiger partial charge in [0, 0.05) is 18.4 Å². The van der Waals surface area contributed by atoms with E-state index >= 15 is 0 Å². The predicted molar refractivity (Wildman–Crippen MR) is 67.1 cm³/mol. The lowest BCUT2D eigenvalue weighted by Gasteiger charge is -2.06. The van der Waals surface area contributed by atoms with Crippen LogP contribution in [0.15, 0.2) is 30.7 Å². The van der Waals surface area contributed by atoms with E-state index in [4.69, 9.17) is 5.11 Å². The molecule has 94 valence electrons. The third-order valence-corrected chi connectivity index (χ3v) is 2.43. The highest BCUT2D eigenvalue weighted by Crippen LogP contribution is 2.18. The zero-order valence-corrected chi connectivity index (χ0v) is 10.2. The first-order valence-electron chi connectivity index (χ1n) is 5.57. The van der Waals surface area contributed by atoms with E-state index in [-0.39, 0.29) is 11.6 Å². The number of hydrogen-bond acceptors (Lipinski definition) is 4. The molecule has 0 unspecified atom stereocenters. The minimum Gasteiger partial charge on any atom is -0.478 e. The molecular weight excluding hydrogens is 232 g/mol. The molecule has 2 rings (SSSR count). The van der Waals surface area contributed by atoms with Crippen LogP contribution in [-0.2, 0) is 0 Å². The molecule has 0 aliphatic heterocycles. The van der Waals surface area contributed by atoms with Crippen LogP contribution in [0.25, 0.3) is 0 Å². The van der Waals surface area contributed by atoms with Crippen LogP contribution in [0.1, 0.15) is 30.2 Å². The average Bonchev–Trinajstić information content (AvgIpc) is 2.78. The summed E-state index contributed by atoms with van der Waals surface area (Å²) in [4.78, 5) is 15.0. The van der Waals surface area contributed by atoms with Crippen molar-refractivity contribution in [1.82, 2.24) is 14.8 Å². The van der Waals surface area contributed by atoms with Gasteiger partial charge in [-0.3, -0.25) is 4.68 Å². The number of pyridine rings is 1. The van der Waals surface area contributed by atoms with Crippen LogP contribution < -0.4 is 5.32 Å². The maximum atomic E-state index is 11.0. The Morgan fingerprint density at radius 1 is 1.50 bits per heavy atom. The number of aromatic carboxylic acids is 1. The monoisotopic (exact) mass is 246 g/mol. The van der Waals surface area contributed by atoms with Crippen molar-refractivity contribution in [3.63, 3.8) is 0 Å². The number of carbonyl (C=O) groups is 1. The number of anilines is 2. The number of hydrogen-bond donors (Lipinski definition) is 2. The highest BCUT2D eigenvalue weighted by atomic mass is 16.4. The van der Waals surface area contributed by atoms with Crippen LogP contribution in [0, 0.1) is 0 Å². The fourth-order valence-electron chi connectivity index (χ4n) is 1.50. The van der Waals surface area contributed by atoms with Gasteiger partial charge in [0.1, 0.15) is 11.4 Å². The standard InChI is InChI=1S/C12H14N4O2/c1-8(2)16-7-9(6-14-16)15-11-10(12(17)18)4-3-5-13-11/h3-8H,1-2H3,(H,13,15)(H,17,18). The summed E-state index contributed by atoms with van der Waals surface area (Å²) in [5.74, 6) is -0.699. The lowest BCUT2D eigenvalue weighted by molar-refractivity contribution is 0.0697. The Labute approximate surface area is 104 Å². The maximum absolute atomic E-state index is 11.0. The minimum atomic E-state index is -1.01. The van der Waals surface area contributed by atoms with Crippen molar-refractivity contribution >= 4 is 17.5 Å². The van der Waals surface area contributed by atoms with E-state index < -0.39 is 5.97 Å². The Morgan fingerprint density at radius 3 is 2.89 bits per heavy atom. The molecule has 0 saturated carbocycles. The lowest BCUT2D eigenvalue weighted by Crippen LogP contribution is -2.04. The Bertz CT molecular complexity index is 563. The zero-order chi connectivity index (χ0) is 13.1. The SMILES string of the molecule is CC(C)n1cc(Nc2ncccc2C(=O)O)cn1. The molecule has 2 aromatic heterocycles. The molecular formula is C12H14N4O2. The largest absolute Gasteiger partial charge is 0.478 e. The molecule has 0 amide bonds. The van der Waals surface area contributed by atoms with Gasteiger partial charge in [-0.05, 0) is 26.0 Å². The van der Waals surface area contributed by atoms with Crippen LogP contribution in [0.3, 0.4) is 0 Å². The summed E-state index contributed by atoms with van der Waals surface area (Å²) in [5.41, 5.74) is 0.847. The minimum absolute atomic E-state index is 0.134. The predicted octanol–water partition coefficient (Wildman–Crippen LogP) is 2.30. The van der Waals surface area contributed by atoms with Crippen molar-refractivity contribution < 1.29 is 9.90 Å². The van der Waals surface area contributed by atoms with E-state index in [1.54, 1.807) is 23.1 Å². The molecule has 0 fully saturated rings. The molecule has 0 atom stereocenters. The highest BCUT2D eigenvalue weighted by Gasteiger charge is 2.11. The second-order valence-electron chi connectivity index (χ2n) is 4.13. The summed E-state index contributed by atoms with van der Waals surface area (Å²) in [5, 5.41) is 16.2. The summed E-state index contributed by atoms with van der Waals surface area (Å²) >= 11 is 0. The quantitative estimate of drug-likeness (QED) is 0.865. The summed E-state index contributed by atoms with van der Waals surface area (Å²) in [6.45, 7) is 4.03. The van der Waals surface area contributed by atoms with Crippen molar-refractivity contribution in [2.24, 2.45) is 0 Å². The molecule has 0 bridgehead atoms. The fraction of sp³-hybridized carbons (Fsp3) is 0.250. The second-order valence-corrected chi connectivity index (χ2v) is 4.13. The van der Waals surface area contributed by atoms with E-state index in [0.29, 0.717) is 11.5 Å². The second kappa shape index (κ2) is 4.87. The van der Waals surface area contributed by atoms with Gasteiger partial charge in [0.2, 0.25) is 0 Å². The van der Waals surface area contributed by atoms with Crippen LogP contribution in [-0.4, -0.2) is 25.8 Å². The van der Waals surface area contributed by atoms with Gasteiger partial charge in [-0.25, -0.2) is 9.78 Å². The van der Waals surface area contributed by atoms with Crippen LogP contribution in [0.5, 0.6) is 0 Å². The molecule has 0 spiro atoms.